The third-order valence-corrected chi connectivity index (χ3v) is 7.05. The van der Waals surface area contributed by atoms with E-state index in [0.717, 1.165) is 65.2 Å². The van der Waals surface area contributed by atoms with Crippen LogP contribution in [0.2, 0.25) is 0 Å². The Balaban J connectivity index is 1.31. The first-order valence-electron chi connectivity index (χ1n) is 12.9. The fourth-order valence-corrected chi connectivity index (χ4v) is 4.83. The number of nitrogens with zero attached hydrogens (tertiary/aromatic N) is 3. The second kappa shape index (κ2) is 9.42. The van der Waals surface area contributed by atoms with Crippen LogP contribution in [0.1, 0.15) is 53.0 Å². The monoisotopic (exact) mass is 516 g/mol. The number of alkyl halides is 3. The molecule has 2 aliphatic rings. The van der Waals surface area contributed by atoms with Gasteiger partial charge in [-0.05, 0) is 79.6 Å². The average molecular weight is 517 g/mol. The van der Waals surface area contributed by atoms with Crippen LogP contribution >= 0.6 is 0 Å². The van der Waals surface area contributed by atoms with Gasteiger partial charge in [-0.1, -0.05) is 36.4 Å². The largest absolute Gasteiger partial charge is 0.417 e. The van der Waals surface area contributed by atoms with Gasteiger partial charge in [0.15, 0.2) is 0 Å². The first-order valence-corrected chi connectivity index (χ1v) is 12.9. The van der Waals surface area contributed by atoms with E-state index >= 15 is 0 Å². The normalized spacial score (nSPS) is 15.5. The molecule has 38 heavy (non-hydrogen) atoms. The molecule has 0 atom stereocenters. The van der Waals surface area contributed by atoms with Crippen molar-refractivity contribution in [3.8, 4) is 11.1 Å². The van der Waals surface area contributed by atoms with Crippen LogP contribution in [0.25, 0.3) is 22.0 Å². The Bertz CT molecular complexity index is 1530. The molecule has 1 N–H and O–H groups in total. The summed E-state index contributed by atoms with van der Waals surface area (Å²) >= 11 is 0. The van der Waals surface area contributed by atoms with Gasteiger partial charge in [-0.15, -0.1) is 0 Å². The van der Waals surface area contributed by atoms with Gasteiger partial charge in [-0.2, -0.15) is 13.2 Å². The Kier molecular flexibility index (Phi) is 6.05. The van der Waals surface area contributed by atoms with Crippen molar-refractivity contribution in [2.24, 2.45) is 0 Å². The lowest BCUT2D eigenvalue weighted by molar-refractivity contribution is -0.138. The molecule has 194 valence electrons. The minimum atomic E-state index is -4.59. The van der Waals surface area contributed by atoms with E-state index in [9.17, 15) is 18.0 Å². The first-order chi connectivity index (χ1) is 18.3. The van der Waals surface area contributed by atoms with Crippen molar-refractivity contribution >= 4 is 22.6 Å². The maximum absolute atomic E-state index is 13.6. The summed E-state index contributed by atoms with van der Waals surface area (Å²) < 4.78 is 40.8. The van der Waals surface area contributed by atoms with Crippen LogP contribution in [0, 0.1) is 6.92 Å². The van der Waals surface area contributed by atoms with Gasteiger partial charge < -0.3 is 10.2 Å². The lowest BCUT2D eigenvalue weighted by Crippen LogP contribution is -2.34. The summed E-state index contributed by atoms with van der Waals surface area (Å²) in [6.07, 6.45) is -0.736. The van der Waals surface area contributed by atoms with Crippen molar-refractivity contribution in [3.63, 3.8) is 0 Å². The fourth-order valence-electron chi connectivity index (χ4n) is 4.83. The van der Waals surface area contributed by atoms with Crippen molar-refractivity contribution in [2.75, 3.05) is 5.32 Å². The van der Waals surface area contributed by atoms with Gasteiger partial charge in [0.1, 0.15) is 11.6 Å². The minimum absolute atomic E-state index is 0.0513. The maximum atomic E-state index is 13.6. The lowest BCUT2D eigenvalue weighted by Gasteiger charge is -2.24. The number of carbonyl (C=O) groups is 1. The highest BCUT2D eigenvalue weighted by atomic mass is 19.4. The van der Waals surface area contributed by atoms with Gasteiger partial charge in [0.2, 0.25) is 0 Å². The number of hydrogen-bond donors (Lipinski definition) is 1. The number of hydrogen-bond acceptors (Lipinski definition) is 4. The first kappa shape index (κ1) is 24.4. The summed E-state index contributed by atoms with van der Waals surface area (Å²) in [7, 11) is 0. The molecule has 2 saturated carbocycles. The Morgan fingerprint density at radius 2 is 1.71 bits per heavy atom. The standard InChI is InChI=1S/C30H27F3N4O/c1-18-34-27-14-9-21(16-25(27)28(35-18)36-22-10-11-22)20-6-4-5-19(15-20)17-37(23-12-13-23)29(38)24-7-2-3-8-26(24)30(31,32)33/h2-9,14-16,22-23H,10-13,17H2,1H3,(H,34,35,36). The van der Waals surface area contributed by atoms with E-state index in [1.807, 2.05) is 43.3 Å². The number of anilines is 1. The molecule has 6 rings (SSSR count). The number of rotatable bonds is 7. The maximum Gasteiger partial charge on any atom is 0.417 e. The summed E-state index contributed by atoms with van der Waals surface area (Å²) in [6, 6.07) is 19.3. The molecule has 0 radical (unpaired) electrons. The molecule has 1 amide bonds. The molecule has 0 spiro atoms. The molecule has 5 nitrogen and oxygen atoms in total. The molecule has 3 aromatic carbocycles. The van der Waals surface area contributed by atoms with Gasteiger partial charge in [-0.25, -0.2) is 9.97 Å². The van der Waals surface area contributed by atoms with Crippen molar-refractivity contribution in [2.45, 2.75) is 57.4 Å². The van der Waals surface area contributed by atoms with E-state index in [0.29, 0.717) is 11.9 Å². The number of halogens is 3. The quantitative estimate of drug-likeness (QED) is 0.287. The van der Waals surface area contributed by atoms with Crippen LogP contribution in [-0.4, -0.2) is 32.9 Å². The molecule has 1 heterocycles. The molecule has 0 bridgehead atoms. The molecule has 0 unspecified atom stereocenters. The third-order valence-electron chi connectivity index (χ3n) is 7.05. The number of benzene rings is 3. The van der Waals surface area contributed by atoms with Crippen molar-refractivity contribution in [1.29, 1.82) is 0 Å². The van der Waals surface area contributed by atoms with Gasteiger partial charge >= 0.3 is 6.18 Å². The van der Waals surface area contributed by atoms with Crippen LogP contribution < -0.4 is 5.32 Å². The van der Waals surface area contributed by atoms with Crippen LogP contribution in [-0.2, 0) is 12.7 Å². The molecule has 1 aromatic heterocycles. The highest BCUT2D eigenvalue weighted by Crippen LogP contribution is 2.36. The van der Waals surface area contributed by atoms with E-state index in [4.69, 9.17) is 0 Å². The van der Waals surface area contributed by atoms with Crippen molar-refractivity contribution < 1.29 is 18.0 Å². The molecular weight excluding hydrogens is 489 g/mol. The number of aromatic nitrogens is 2. The summed E-state index contributed by atoms with van der Waals surface area (Å²) in [5.41, 5.74) is 2.48. The number of carbonyl (C=O) groups excluding carboxylic acids is 1. The zero-order valence-corrected chi connectivity index (χ0v) is 20.9. The molecule has 4 aromatic rings. The number of nitrogens with one attached hydrogen (secondary N) is 1. The topological polar surface area (TPSA) is 58.1 Å². The van der Waals surface area contributed by atoms with E-state index < -0.39 is 17.6 Å². The Hall–Kier alpha value is -3.94. The SMILES string of the molecule is Cc1nc(NC2CC2)c2cc(-c3cccc(CN(C(=O)c4ccccc4C(F)(F)F)C4CC4)c3)ccc2n1. The number of fused-ring (bicyclic) bond motifs is 1. The number of amides is 1. The van der Waals surface area contributed by atoms with Crippen LogP contribution in [0.5, 0.6) is 0 Å². The van der Waals surface area contributed by atoms with E-state index in [1.165, 1.54) is 18.2 Å². The average Bonchev–Trinajstić information content (AvgIpc) is 3.82. The minimum Gasteiger partial charge on any atom is -0.367 e. The predicted octanol–water partition coefficient (Wildman–Crippen LogP) is 7.00. The molecule has 0 saturated heterocycles. The fraction of sp³-hybridized carbons (Fsp3) is 0.300. The zero-order valence-electron chi connectivity index (χ0n) is 20.9. The van der Waals surface area contributed by atoms with Gasteiger partial charge in [0, 0.05) is 24.0 Å². The summed E-state index contributed by atoms with van der Waals surface area (Å²) in [5, 5.41) is 4.45. The molecule has 2 aliphatic carbocycles. The van der Waals surface area contributed by atoms with E-state index in [2.05, 4.69) is 21.4 Å². The second-order valence-electron chi connectivity index (χ2n) is 10.2. The van der Waals surface area contributed by atoms with Gasteiger partial charge in [-0.3, -0.25) is 4.79 Å². The molecule has 2 fully saturated rings. The third kappa shape index (κ3) is 5.08. The zero-order chi connectivity index (χ0) is 26.4. The molecular formula is C30H27F3N4O. The van der Waals surface area contributed by atoms with Crippen molar-refractivity contribution in [1.82, 2.24) is 14.9 Å². The Labute approximate surface area is 218 Å². The summed E-state index contributed by atoms with van der Waals surface area (Å²) in [5.74, 6) is 0.967. The van der Waals surface area contributed by atoms with Crippen molar-refractivity contribution in [3.05, 3.63) is 89.2 Å². The highest BCUT2D eigenvalue weighted by molar-refractivity contribution is 5.96. The van der Waals surface area contributed by atoms with Crippen LogP contribution in [0.4, 0.5) is 19.0 Å². The second-order valence-corrected chi connectivity index (χ2v) is 10.2. The smallest absolute Gasteiger partial charge is 0.367 e. The molecule has 8 heteroatoms. The van der Waals surface area contributed by atoms with Crippen LogP contribution in [0.15, 0.2) is 66.7 Å². The molecule has 0 aliphatic heterocycles. The van der Waals surface area contributed by atoms with Gasteiger partial charge in [0.25, 0.3) is 5.91 Å². The van der Waals surface area contributed by atoms with E-state index in [1.54, 1.807) is 4.90 Å². The highest BCUT2D eigenvalue weighted by Gasteiger charge is 2.39. The Morgan fingerprint density at radius 1 is 0.947 bits per heavy atom. The lowest BCUT2D eigenvalue weighted by atomic mass is 10.0. The van der Waals surface area contributed by atoms with Gasteiger partial charge in [0.05, 0.1) is 16.6 Å². The summed E-state index contributed by atoms with van der Waals surface area (Å²) in [6.45, 7) is 2.13. The predicted molar refractivity (Wildman–Crippen MR) is 141 cm³/mol. The van der Waals surface area contributed by atoms with E-state index in [-0.39, 0.29) is 18.2 Å². The Morgan fingerprint density at radius 3 is 2.45 bits per heavy atom. The summed E-state index contributed by atoms with van der Waals surface area (Å²) in [4.78, 5) is 24.1. The van der Waals surface area contributed by atoms with Crippen LogP contribution in [0.3, 0.4) is 0 Å². The number of aryl methyl sites for hydroxylation is 1.